The second-order valence-electron chi connectivity index (χ2n) is 8.24. The van der Waals surface area contributed by atoms with Crippen molar-refractivity contribution in [3.05, 3.63) is 6.33 Å². The molecule has 1 aliphatic rings. The summed E-state index contributed by atoms with van der Waals surface area (Å²) in [4.78, 5) is 35.8. The molecule has 18 heteroatoms. The lowest BCUT2D eigenvalue weighted by molar-refractivity contribution is -0.142. The molecule has 1 aliphatic heterocycles. The molecule has 4 atom stereocenters. The molecule has 6 N–H and O–H groups in total. The molecule has 2 aromatic heterocycles. The maximum atomic E-state index is 13.3. The number of nitrogen functional groups attached to an aromatic ring is 1. The van der Waals surface area contributed by atoms with Crippen LogP contribution in [0.3, 0.4) is 0 Å². The van der Waals surface area contributed by atoms with Gasteiger partial charge in [0.15, 0.2) is 17.4 Å². The fourth-order valence-electron chi connectivity index (χ4n) is 3.69. The zero-order valence-electron chi connectivity index (χ0n) is 21.3. The van der Waals surface area contributed by atoms with Gasteiger partial charge in [-0.05, 0) is 20.8 Å². The van der Waals surface area contributed by atoms with Gasteiger partial charge in [-0.2, -0.15) is 9.97 Å². The number of methoxy groups -OCH3 is 1. The van der Waals surface area contributed by atoms with E-state index < -0.39 is 63.3 Å². The van der Waals surface area contributed by atoms with Crippen LogP contribution in [0.4, 0.5) is 5.95 Å². The number of nitrogens with one attached hydrogen (secondary N) is 2. The van der Waals surface area contributed by atoms with E-state index in [1.165, 1.54) is 24.9 Å². The minimum absolute atomic E-state index is 0.102. The second kappa shape index (κ2) is 12.3. The van der Waals surface area contributed by atoms with Gasteiger partial charge >= 0.3 is 19.6 Å². The van der Waals surface area contributed by atoms with E-state index in [9.17, 15) is 24.4 Å². The highest BCUT2D eigenvalue weighted by Crippen LogP contribution is 2.43. The number of imidazole rings is 1. The molecule has 1 fully saturated rings. The molecule has 2 unspecified atom stereocenters. The van der Waals surface area contributed by atoms with Gasteiger partial charge in [0.05, 0.1) is 33.3 Å². The van der Waals surface area contributed by atoms with Gasteiger partial charge in [0.1, 0.15) is 30.9 Å². The Morgan fingerprint density at radius 2 is 1.82 bits per heavy atom. The molecule has 2 aromatic rings. The number of aliphatic hydroxyl groups excluding tert-OH is 1. The van der Waals surface area contributed by atoms with Crippen LogP contribution in [0.15, 0.2) is 6.33 Å². The van der Waals surface area contributed by atoms with E-state index in [0.717, 1.165) is 0 Å². The number of esters is 2. The Balaban J connectivity index is 1.78. The third kappa shape index (κ3) is 6.55. The number of nitrogens with two attached hydrogens (primary N) is 1. The number of carbonyl (C=O) groups is 2. The Hall–Kier alpha value is -2.92. The Morgan fingerprint density at radius 1 is 1.21 bits per heavy atom. The highest BCUT2D eigenvalue weighted by molar-refractivity contribution is 7.54. The molecule has 0 saturated carbocycles. The summed E-state index contributed by atoms with van der Waals surface area (Å²) in [6.07, 6.45) is -2.66. The largest absolute Gasteiger partial charge is 0.479 e. The maximum absolute atomic E-state index is 13.3. The summed E-state index contributed by atoms with van der Waals surface area (Å²) < 4.78 is 40.8. The van der Waals surface area contributed by atoms with Gasteiger partial charge in [0, 0.05) is 0 Å². The van der Waals surface area contributed by atoms with Crippen molar-refractivity contribution >= 4 is 36.7 Å². The minimum atomic E-state index is -4.08. The van der Waals surface area contributed by atoms with Crippen LogP contribution in [0.2, 0.25) is 0 Å². The Labute approximate surface area is 217 Å². The summed E-state index contributed by atoms with van der Waals surface area (Å²) in [5.74, 6) is -1.43. The van der Waals surface area contributed by atoms with E-state index in [4.69, 9.17) is 29.2 Å². The van der Waals surface area contributed by atoms with E-state index in [2.05, 4.69) is 25.1 Å². The van der Waals surface area contributed by atoms with Gasteiger partial charge < -0.3 is 39.4 Å². The maximum Gasteiger partial charge on any atom is 0.341 e. The fourth-order valence-corrected chi connectivity index (χ4v) is 5.01. The molecule has 0 aromatic carbocycles. The van der Waals surface area contributed by atoms with Gasteiger partial charge in [0.2, 0.25) is 11.8 Å². The first-order chi connectivity index (χ1) is 18.0. The summed E-state index contributed by atoms with van der Waals surface area (Å²) in [7, 11) is -2.70. The number of aromatic nitrogens is 4. The molecule has 0 amide bonds. The van der Waals surface area contributed by atoms with Gasteiger partial charge in [-0.3, -0.25) is 18.7 Å². The molecule has 38 heavy (non-hydrogen) atoms. The standard InChI is InChI=1S/C20H32N7O10P/c1-5-34-12(28)7-23-38(32,24-8-13(29)35-6-2)36-9-11-15(30)20(3,31)18(37-11)27-10-22-14-16(27)25-19(21)26-17(14)33-4/h10-11,15,18,30-31H,5-9H2,1-4H3,(H2,21,25,26)(H2,23,24,32)/t11-,15?,18-,20?/m1/s1. The van der Waals surface area contributed by atoms with E-state index in [1.807, 2.05) is 0 Å². The molecule has 0 aliphatic carbocycles. The summed E-state index contributed by atoms with van der Waals surface area (Å²) in [6, 6.07) is 0. The van der Waals surface area contributed by atoms with Crippen LogP contribution in [-0.4, -0.2) is 99.5 Å². The first kappa shape index (κ1) is 29.6. The van der Waals surface area contributed by atoms with Gasteiger partial charge in [-0.1, -0.05) is 0 Å². The second-order valence-corrected chi connectivity index (χ2v) is 10.2. The first-order valence-electron chi connectivity index (χ1n) is 11.6. The number of ether oxygens (including phenoxy) is 4. The summed E-state index contributed by atoms with van der Waals surface area (Å²) in [5, 5.41) is 26.7. The van der Waals surface area contributed by atoms with Crippen molar-refractivity contribution in [3.63, 3.8) is 0 Å². The lowest BCUT2D eigenvalue weighted by atomic mass is 9.96. The molecule has 0 bridgehead atoms. The third-order valence-electron chi connectivity index (χ3n) is 5.50. The van der Waals surface area contributed by atoms with Crippen molar-refractivity contribution in [2.75, 3.05) is 45.8 Å². The normalized spacial score (nSPS) is 23.5. The molecule has 3 rings (SSSR count). The zero-order chi connectivity index (χ0) is 28.1. The van der Waals surface area contributed by atoms with Crippen LogP contribution >= 0.6 is 7.67 Å². The van der Waals surface area contributed by atoms with Crippen LogP contribution < -0.4 is 20.6 Å². The van der Waals surface area contributed by atoms with E-state index in [0.29, 0.717) is 0 Å². The molecule has 17 nitrogen and oxygen atoms in total. The molecule has 212 valence electrons. The molecule has 3 heterocycles. The molecule has 0 spiro atoms. The fraction of sp³-hybridized carbons (Fsp3) is 0.650. The van der Waals surface area contributed by atoms with Crippen molar-refractivity contribution in [1.29, 1.82) is 0 Å². The minimum Gasteiger partial charge on any atom is -0.479 e. The lowest BCUT2D eigenvalue weighted by Crippen LogP contribution is -2.44. The lowest BCUT2D eigenvalue weighted by Gasteiger charge is -2.27. The highest BCUT2D eigenvalue weighted by atomic mass is 31.2. The van der Waals surface area contributed by atoms with Gasteiger partial charge in [0.25, 0.3) is 0 Å². The number of anilines is 1. The number of hydrogen-bond acceptors (Lipinski definition) is 14. The van der Waals surface area contributed by atoms with Gasteiger partial charge in [-0.15, -0.1) is 0 Å². The number of nitrogens with zero attached hydrogens (tertiary/aromatic N) is 4. The SMILES string of the molecule is CCOC(=O)CNP(=O)(NCC(=O)OCC)OC[C@H]1O[C@@H](n2cnc3c(OC)nc(N)nc32)C(C)(O)C1O. The summed E-state index contributed by atoms with van der Waals surface area (Å²) >= 11 is 0. The summed E-state index contributed by atoms with van der Waals surface area (Å²) in [5.41, 5.74) is 4.28. The number of rotatable bonds is 13. The number of fused-ring (bicyclic) bond motifs is 1. The predicted octanol–water partition coefficient (Wildman–Crippen LogP) is -1.14. The van der Waals surface area contributed by atoms with Crippen molar-refractivity contribution in [1.82, 2.24) is 29.7 Å². The van der Waals surface area contributed by atoms with Gasteiger partial charge in [-0.25, -0.2) is 15.2 Å². The van der Waals surface area contributed by atoms with Crippen molar-refractivity contribution in [2.24, 2.45) is 0 Å². The van der Waals surface area contributed by atoms with Crippen molar-refractivity contribution in [3.8, 4) is 5.88 Å². The monoisotopic (exact) mass is 561 g/mol. The predicted molar refractivity (Wildman–Crippen MR) is 130 cm³/mol. The Kier molecular flexibility index (Phi) is 9.59. The first-order valence-corrected chi connectivity index (χ1v) is 13.2. The highest BCUT2D eigenvalue weighted by Gasteiger charge is 2.54. The topological polar surface area (TPSA) is 232 Å². The van der Waals surface area contributed by atoms with Crippen LogP contribution in [0.1, 0.15) is 27.0 Å². The smallest absolute Gasteiger partial charge is 0.341 e. The van der Waals surface area contributed by atoms with Crippen LogP contribution in [0.5, 0.6) is 5.88 Å². The number of carbonyl (C=O) groups excluding carboxylic acids is 2. The molecular formula is C20H32N7O10P. The van der Waals surface area contributed by atoms with E-state index in [1.54, 1.807) is 13.8 Å². The third-order valence-corrected chi connectivity index (χ3v) is 7.16. The Bertz CT molecular complexity index is 1170. The molecular weight excluding hydrogens is 529 g/mol. The number of hydrogen-bond donors (Lipinski definition) is 5. The quantitative estimate of drug-likeness (QED) is 0.144. The average molecular weight is 561 g/mol. The Morgan fingerprint density at radius 3 is 2.37 bits per heavy atom. The van der Waals surface area contributed by atoms with Crippen LogP contribution in [0, 0.1) is 0 Å². The van der Waals surface area contributed by atoms with Crippen LogP contribution in [0.25, 0.3) is 11.2 Å². The zero-order valence-corrected chi connectivity index (χ0v) is 22.2. The summed E-state index contributed by atoms with van der Waals surface area (Å²) in [6.45, 7) is 3.22. The van der Waals surface area contributed by atoms with E-state index in [-0.39, 0.29) is 36.2 Å². The van der Waals surface area contributed by atoms with Crippen molar-refractivity contribution in [2.45, 2.75) is 44.8 Å². The average Bonchev–Trinajstić information content (AvgIpc) is 3.38. The number of aliphatic hydroxyl groups is 2. The molecule has 1 saturated heterocycles. The molecule has 0 radical (unpaired) electrons. The van der Waals surface area contributed by atoms with E-state index >= 15 is 0 Å². The van der Waals surface area contributed by atoms with Crippen LogP contribution in [-0.2, 0) is 32.9 Å². The van der Waals surface area contributed by atoms with Crippen molar-refractivity contribution < 1.29 is 47.8 Å².